The normalized spacial score (nSPS) is 14.2. The van der Waals surface area contributed by atoms with Gasteiger partial charge >= 0.3 is 0 Å². The fraction of sp³-hybridized carbons (Fsp3) is 0.562. The molecule has 1 aromatic carbocycles. The molecule has 0 aromatic heterocycles. The monoisotopic (exact) mass is 314 g/mol. The molecule has 2 N–H and O–H groups in total. The van der Waals surface area contributed by atoms with Gasteiger partial charge in [0.25, 0.3) is 0 Å². The van der Waals surface area contributed by atoms with Crippen molar-refractivity contribution in [1.29, 1.82) is 0 Å². The molecule has 1 rings (SSSR count). The standard InChI is InChI=1S/C16H24F2N2O2/c1-10(2)14(21)8-15(22)19-9-13(20(3)4)16-11(17)6-5-7-12(16)18/h5-7,10,13-14,21H,8-9H2,1-4H3,(H,19,22). The Morgan fingerprint density at radius 2 is 1.82 bits per heavy atom. The summed E-state index contributed by atoms with van der Waals surface area (Å²) in [5.74, 6) is -1.66. The third-order valence-corrected chi connectivity index (χ3v) is 3.61. The maximum Gasteiger partial charge on any atom is 0.222 e. The summed E-state index contributed by atoms with van der Waals surface area (Å²) in [6.45, 7) is 3.69. The van der Waals surface area contributed by atoms with Crippen LogP contribution in [0.2, 0.25) is 0 Å². The Hall–Kier alpha value is -1.53. The lowest BCUT2D eigenvalue weighted by atomic mass is 10.0. The van der Waals surface area contributed by atoms with Crippen molar-refractivity contribution in [2.24, 2.45) is 5.92 Å². The van der Waals surface area contributed by atoms with Crippen molar-refractivity contribution in [3.8, 4) is 0 Å². The molecule has 0 saturated heterocycles. The fourth-order valence-electron chi connectivity index (χ4n) is 2.08. The lowest BCUT2D eigenvalue weighted by molar-refractivity contribution is -0.123. The minimum atomic E-state index is -0.733. The number of hydrogen-bond acceptors (Lipinski definition) is 3. The van der Waals surface area contributed by atoms with Crippen LogP contribution >= 0.6 is 0 Å². The third kappa shape index (κ3) is 5.03. The first kappa shape index (κ1) is 18.5. The van der Waals surface area contributed by atoms with Gasteiger partial charge in [0.15, 0.2) is 0 Å². The summed E-state index contributed by atoms with van der Waals surface area (Å²) in [5, 5.41) is 12.3. The molecule has 0 heterocycles. The topological polar surface area (TPSA) is 52.6 Å². The lowest BCUT2D eigenvalue weighted by Gasteiger charge is -2.26. The molecule has 0 bridgehead atoms. The van der Waals surface area contributed by atoms with Crippen LogP contribution in [0.3, 0.4) is 0 Å². The van der Waals surface area contributed by atoms with Crippen LogP contribution in [0.25, 0.3) is 0 Å². The molecule has 0 aliphatic carbocycles. The second kappa shape index (κ2) is 8.19. The Morgan fingerprint density at radius 3 is 2.27 bits per heavy atom. The molecule has 1 amide bonds. The van der Waals surface area contributed by atoms with Crippen LogP contribution in [0.5, 0.6) is 0 Å². The quantitative estimate of drug-likeness (QED) is 0.810. The summed E-state index contributed by atoms with van der Waals surface area (Å²) in [5.41, 5.74) is -0.0720. The summed E-state index contributed by atoms with van der Waals surface area (Å²) in [6.07, 6.45) is -0.764. The van der Waals surface area contributed by atoms with E-state index in [1.54, 1.807) is 19.0 Å². The number of hydrogen-bond donors (Lipinski definition) is 2. The number of rotatable bonds is 7. The maximum atomic E-state index is 13.9. The van der Waals surface area contributed by atoms with Crippen molar-refractivity contribution in [2.45, 2.75) is 32.4 Å². The van der Waals surface area contributed by atoms with Gasteiger partial charge in [-0.15, -0.1) is 0 Å². The lowest BCUT2D eigenvalue weighted by Crippen LogP contribution is -2.37. The molecule has 1 aromatic rings. The van der Waals surface area contributed by atoms with Crippen LogP contribution in [0.1, 0.15) is 31.9 Å². The highest BCUT2D eigenvalue weighted by atomic mass is 19.1. The fourth-order valence-corrected chi connectivity index (χ4v) is 2.08. The zero-order valence-electron chi connectivity index (χ0n) is 13.4. The zero-order chi connectivity index (χ0) is 16.9. The van der Waals surface area contributed by atoms with E-state index in [1.165, 1.54) is 18.2 Å². The molecular formula is C16H24F2N2O2. The molecule has 6 heteroatoms. The summed E-state index contributed by atoms with van der Waals surface area (Å²) in [4.78, 5) is 13.4. The highest BCUT2D eigenvalue weighted by Gasteiger charge is 2.23. The molecule has 22 heavy (non-hydrogen) atoms. The third-order valence-electron chi connectivity index (χ3n) is 3.61. The number of benzene rings is 1. The summed E-state index contributed by atoms with van der Waals surface area (Å²) >= 11 is 0. The van der Waals surface area contributed by atoms with E-state index in [9.17, 15) is 18.7 Å². The summed E-state index contributed by atoms with van der Waals surface area (Å²) in [7, 11) is 3.37. The van der Waals surface area contributed by atoms with Crippen molar-refractivity contribution in [3.63, 3.8) is 0 Å². The number of carbonyl (C=O) groups excluding carboxylic acids is 1. The van der Waals surface area contributed by atoms with Crippen molar-refractivity contribution in [1.82, 2.24) is 10.2 Å². The Morgan fingerprint density at radius 1 is 1.27 bits per heavy atom. The van der Waals surface area contributed by atoms with Gasteiger partial charge in [0.05, 0.1) is 18.6 Å². The van der Waals surface area contributed by atoms with Gasteiger partial charge < -0.3 is 15.3 Å². The van der Waals surface area contributed by atoms with Gasteiger partial charge in [-0.2, -0.15) is 0 Å². The van der Waals surface area contributed by atoms with Crippen molar-refractivity contribution in [3.05, 3.63) is 35.4 Å². The van der Waals surface area contributed by atoms with E-state index < -0.39 is 23.8 Å². The van der Waals surface area contributed by atoms with Crippen molar-refractivity contribution >= 4 is 5.91 Å². The van der Waals surface area contributed by atoms with E-state index in [2.05, 4.69) is 5.32 Å². The number of aliphatic hydroxyl groups is 1. The van der Waals surface area contributed by atoms with Crippen LogP contribution in [0.4, 0.5) is 8.78 Å². The minimum absolute atomic E-state index is 0.0283. The Bertz CT molecular complexity index is 487. The van der Waals surface area contributed by atoms with Crippen LogP contribution in [0.15, 0.2) is 18.2 Å². The number of aliphatic hydroxyl groups excluding tert-OH is 1. The maximum absolute atomic E-state index is 13.9. The van der Waals surface area contributed by atoms with Gasteiger partial charge in [0.2, 0.25) is 5.91 Å². The molecule has 2 atom stereocenters. The van der Waals surface area contributed by atoms with E-state index >= 15 is 0 Å². The van der Waals surface area contributed by atoms with Crippen LogP contribution in [0, 0.1) is 17.6 Å². The van der Waals surface area contributed by atoms with E-state index in [0.29, 0.717) is 0 Å². The predicted octanol–water partition coefficient (Wildman–Crippen LogP) is 2.09. The number of carbonyl (C=O) groups is 1. The van der Waals surface area contributed by atoms with Gasteiger partial charge in [-0.25, -0.2) is 8.78 Å². The number of halogens is 2. The van der Waals surface area contributed by atoms with Gasteiger partial charge in [-0.3, -0.25) is 4.79 Å². The Kier molecular flexibility index (Phi) is 6.90. The average molecular weight is 314 g/mol. The zero-order valence-corrected chi connectivity index (χ0v) is 13.4. The molecule has 0 radical (unpaired) electrons. The molecule has 0 aliphatic rings. The highest BCUT2D eigenvalue weighted by molar-refractivity contribution is 5.76. The van der Waals surface area contributed by atoms with Crippen molar-refractivity contribution < 1.29 is 18.7 Å². The van der Waals surface area contributed by atoms with Crippen molar-refractivity contribution in [2.75, 3.05) is 20.6 Å². The van der Waals surface area contributed by atoms with Gasteiger partial charge in [0, 0.05) is 12.1 Å². The highest BCUT2D eigenvalue weighted by Crippen LogP contribution is 2.23. The SMILES string of the molecule is CC(C)C(O)CC(=O)NCC(c1c(F)cccc1F)N(C)C. The number of nitrogens with one attached hydrogen (secondary N) is 1. The van der Waals surface area contributed by atoms with Crippen LogP contribution in [-0.2, 0) is 4.79 Å². The van der Waals surface area contributed by atoms with E-state index in [-0.39, 0.29) is 30.4 Å². The largest absolute Gasteiger partial charge is 0.392 e. The van der Waals surface area contributed by atoms with E-state index in [0.717, 1.165) is 0 Å². The molecule has 124 valence electrons. The molecule has 0 spiro atoms. The van der Waals surface area contributed by atoms with Gasteiger partial charge in [0.1, 0.15) is 11.6 Å². The first-order valence-electron chi connectivity index (χ1n) is 7.29. The first-order valence-corrected chi connectivity index (χ1v) is 7.29. The Labute approximate surface area is 130 Å². The van der Waals surface area contributed by atoms with Crippen LogP contribution < -0.4 is 5.32 Å². The second-order valence-electron chi connectivity index (χ2n) is 5.93. The smallest absolute Gasteiger partial charge is 0.222 e. The van der Waals surface area contributed by atoms with Gasteiger partial charge in [-0.05, 0) is 32.1 Å². The van der Waals surface area contributed by atoms with Crippen LogP contribution in [-0.4, -0.2) is 42.7 Å². The number of amides is 1. The second-order valence-corrected chi connectivity index (χ2v) is 5.93. The molecule has 0 aliphatic heterocycles. The molecule has 2 unspecified atom stereocenters. The summed E-state index contributed by atoms with van der Waals surface area (Å²) < 4.78 is 27.8. The Balaban J connectivity index is 2.76. The molecule has 0 fully saturated rings. The molecule has 4 nitrogen and oxygen atoms in total. The minimum Gasteiger partial charge on any atom is -0.392 e. The number of nitrogens with zero attached hydrogens (tertiary/aromatic N) is 1. The predicted molar refractivity (Wildman–Crippen MR) is 81.3 cm³/mol. The van der Waals surface area contributed by atoms with E-state index in [4.69, 9.17) is 0 Å². The van der Waals surface area contributed by atoms with E-state index in [1.807, 2.05) is 13.8 Å². The summed E-state index contributed by atoms with van der Waals surface area (Å²) in [6, 6.07) is 3.07. The molecule has 0 saturated carbocycles. The molecular weight excluding hydrogens is 290 g/mol. The number of likely N-dealkylation sites (N-methyl/N-ethyl adjacent to an activating group) is 1. The van der Waals surface area contributed by atoms with Gasteiger partial charge in [-0.1, -0.05) is 19.9 Å². The first-order chi connectivity index (χ1) is 10.2. The average Bonchev–Trinajstić information content (AvgIpc) is 2.41.